The van der Waals surface area contributed by atoms with Crippen LogP contribution in [0.15, 0.2) is 30.5 Å². The molecule has 1 aromatic heterocycles. The predicted molar refractivity (Wildman–Crippen MR) is 58.5 cm³/mol. The highest BCUT2D eigenvalue weighted by atomic mass is 14.7. The lowest BCUT2D eigenvalue weighted by atomic mass is 10.1. The molecule has 0 radical (unpaired) electrons. The van der Waals surface area contributed by atoms with Gasteiger partial charge in [0, 0.05) is 11.9 Å². The Hall–Kier alpha value is -1.24. The molecule has 1 unspecified atom stereocenters. The molecule has 1 heterocycles. The molecule has 0 saturated carbocycles. The maximum absolute atomic E-state index is 3.19. The number of hydrogen-bond acceptors (Lipinski definition) is 0. The minimum Gasteiger partial charge on any atom is -0.361 e. The van der Waals surface area contributed by atoms with E-state index in [1.165, 1.54) is 11.3 Å². The summed E-state index contributed by atoms with van der Waals surface area (Å²) in [7, 11) is 0. The number of aromatic nitrogens is 1. The van der Waals surface area contributed by atoms with Gasteiger partial charge in [-0.2, -0.15) is 0 Å². The van der Waals surface area contributed by atoms with Crippen LogP contribution in [0, 0.1) is 12.8 Å². The molecule has 0 saturated heterocycles. The second kappa shape index (κ2) is 4.70. The van der Waals surface area contributed by atoms with E-state index < -0.39 is 0 Å². The standard InChI is InChI=1S/C12H17N/c1-4-5-10(2)6-7-12-11(3)8-9-13-12/h4-10,13H,1-3H3/b5-4-,7-6-. The predicted octanol–water partition coefficient (Wildman–Crippen LogP) is 3.55. The second-order valence-corrected chi connectivity index (χ2v) is 3.32. The maximum Gasteiger partial charge on any atom is 0.0406 e. The molecule has 0 aromatic carbocycles. The highest BCUT2D eigenvalue weighted by Crippen LogP contribution is 2.09. The van der Waals surface area contributed by atoms with Gasteiger partial charge in [-0.25, -0.2) is 0 Å². The van der Waals surface area contributed by atoms with E-state index in [9.17, 15) is 0 Å². The highest BCUT2D eigenvalue weighted by molar-refractivity contribution is 5.49. The molecule has 1 aromatic rings. The number of aryl methyl sites for hydroxylation is 1. The molecule has 0 amide bonds. The summed E-state index contributed by atoms with van der Waals surface area (Å²) >= 11 is 0. The number of hydrogen-bond donors (Lipinski definition) is 1. The number of aromatic amines is 1. The average Bonchev–Trinajstić information content (AvgIpc) is 2.48. The van der Waals surface area contributed by atoms with Gasteiger partial charge in [0.05, 0.1) is 0 Å². The zero-order chi connectivity index (χ0) is 9.68. The van der Waals surface area contributed by atoms with Crippen LogP contribution in [0.3, 0.4) is 0 Å². The molecule has 1 N–H and O–H groups in total. The lowest BCUT2D eigenvalue weighted by Crippen LogP contribution is -1.82. The van der Waals surface area contributed by atoms with Crippen LogP contribution in [-0.4, -0.2) is 4.98 Å². The molecule has 0 fully saturated rings. The molecule has 1 heteroatoms. The summed E-state index contributed by atoms with van der Waals surface area (Å²) < 4.78 is 0. The number of allylic oxidation sites excluding steroid dienone is 3. The van der Waals surface area contributed by atoms with Crippen LogP contribution in [-0.2, 0) is 0 Å². The molecule has 70 valence electrons. The quantitative estimate of drug-likeness (QED) is 0.676. The normalized spacial score (nSPS) is 14.4. The molecule has 1 atom stereocenters. The minimum absolute atomic E-state index is 0.507. The van der Waals surface area contributed by atoms with Crippen molar-refractivity contribution in [1.82, 2.24) is 4.98 Å². The Labute approximate surface area is 80.2 Å². The third kappa shape index (κ3) is 2.94. The Morgan fingerprint density at radius 3 is 2.69 bits per heavy atom. The summed E-state index contributed by atoms with van der Waals surface area (Å²) in [4.78, 5) is 3.19. The molecule has 1 nitrogen and oxygen atoms in total. The lowest BCUT2D eigenvalue weighted by molar-refractivity contribution is 0.942. The molecule has 13 heavy (non-hydrogen) atoms. The Kier molecular flexibility index (Phi) is 3.56. The van der Waals surface area contributed by atoms with E-state index >= 15 is 0 Å². The van der Waals surface area contributed by atoms with Crippen LogP contribution >= 0.6 is 0 Å². The summed E-state index contributed by atoms with van der Waals surface area (Å²) in [6.45, 7) is 6.33. The first-order valence-corrected chi connectivity index (χ1v) is 4.69. The average molecular weight is 175 g/mol. The van der Waals surface area contributed by atoms with E-state index in [2.05, 4.69) is 49.2 Å². The van der Waals surface area contributed by atoms with Gasteiger partial charge in [0.25, 0.3) is 0 Å². The molecule has 0 aliphatic carbocycles. The van der Waals surface area contributed by atoms with Gasteiger partial charge in [0.15, 0.2) is 0 Å². The summed E-state index contributed by atoms with van der Waals surface area (Å²) in [6, 6.07) is 2.08. The van der Waals surface area contributed by atoms with Crippen molar-refractivity contribution in [1.29, 1.82) is 0 Å². The molecule has 0 aliphatic rings. The molecular weight excluding hydrogens is 158 g/mol. The molecule has 0 spiro atoms. The zero-order valence-corrected chi connectivity index (χ0v) is 8.54. The van der Waals surface area contributed by atoms with Crippen molar-refractivity contribution in [2.75, 3.05) is 0 Å². The molecule has 0 aliphatic heterocycles. The van der Waals surface area contributed by atoms with E-state index in [0.717, 1.165) is 0 Å². The van der Waals surface area contributed by atoms with E-state index in [0.29, 0.717) is 5.92 Å². The van der Waals surface area contributed by atoms with E-state index in [1.54, 1.807) is 0 Å². The van der Waals surface area contributed by atoms with E-state index in [4.69, 9.17) is 0 Å². The Morgan fingerprint density at radius 2 is 2.15 bits per heavy atom. The summed E-state index contributed by atoms with van der Waals surface area (Å²) in [6.07, 6.45) is 10.6. The lowest BCUT2D eigenvalue weighted by Gasteiger charge is -1.96. The van der Waals surface area contributed by atoms with Crippen molar-refractivity contribution < 1.29 is 0 Å². The second-order valence-electron chi connectivity index (χ2n) is 3.32. The van der Waals surface area contributed by atoms with Gasteiger partial charge in [0.1, 0.15) is 0 Å². The summed E-state index contributed by atoms with van der Waals surface area (Å²) in [5.74, 6) is 0.507. The van der Waals surface area contributed by atoms with Crippen LogP contribution in [0.5, 0.6) is 0 Å². The van der Waals surface area contributed by atoms with E-state index in [-0.39, 0.29) is 0 Å². The van der Waals surface area contributed by atoms with Gasteiger partial charge < -0.3 is 4.98 Å². The van der Waals surface area contributed by atoms with Crippen LogP contribution in [0.1, 0.15) is 25.1 Å². The van der Waals surface area contributed by atoms with Crippen LogP contribution in [0.2, 0.25) is 0 Å². The summed E-state index contributed by atoms with van der Waals surface area (Å²) in [5, 5.41) is 0. The molecule has 1 rings (SSSR count). The number of H-pyrrole nitrogens is 1. The highest BCUT2D eigenvalue weighted by Gasteiger charge is 1.93. The van der Waals surface area contributed by atoms with E-state index in [1.807, 2.05) is 13.1 Å². The third-order valence-corrected chi connectivity index (χ3v) is 2.06. The topological polar surface area (TPSA) is 15.8 Å². The van der Waals surface area contributed by atoms with Gasteiger partial charge in [-0.1, -0.05) is 25.2 Å². The maximum atomic E-state index is 3.19. The monoisotopic (exact) mass is 175 g/mol. The Balaban J connectivity index is 2.63. The van der Waals surface area contributed by atoms with Gasteiger partial charge in [-0.15, -0.1) is 0 Å². The van der Waals surface area contributed by atoms with Crippen molar-refractivity contribution in [3.63, 3.8) is 0 Å². The van der Waals surface area contributed by atoms with Crippen LogP contribution in [0.4, 0.5) is 0 Å². The van der Waals surface area contributed by atoms with Crippen molar-refractivity contribution in [2.45, 2.75) is 20.8 Å². The fourth-order valence-electron chi connectivity index (χ4n) is 1.26. The third-order valence-electron chi connectivity index (χ3n) is 2.06. The molecule has 0 bridgehead atoms. The van der Waals surface area contributed by atoms with Gasteiger partial charge >= 0.3 is 0 Å². The van der Waals surface area contributed by atoms with Crippen molar-refractivity contribution in [2.24, 2.45) is 5.92 Å². The SMILES string of the molecule is C/C=C\C(C)/C=C\c1[nH]ccc1C. The van der Waals surface area contributed by atoms with Crippen molar-refractivity contribution in [3.05, 3.63) is 41.7 Å². The first kappa shape index (κ1) is 9.85. The van der Waals surface area contributed by atoms with Gasteiger partial charge in [-0.3, -0.25) is 0 Å². The van der Waals surface area contributed by atoms with Crippen LogP contribution in [0.25, 0.3) is 6.08 Å². The number of nitrogens with one attached hydrogen (secondary N) is 1. The van der Waals surface area contributed by atoms with Crippen molar-refractivity contribution in [3.8, 4) is 0 Å². The largest absolute Gasteiger partial charge is 0.361 e. The van der Waals surface area contributed by atoms with Crippen LogP contribution < -0.4 is 0 Å². The first-order valence-electron chi connectivity index (χ1n) is 4.69. The smallest absolute Gasteiger partial charge is 0.0406 e. The number of rotatable bonds is 3. The Bertz CT molecular complexity index is 305. The summed E-state index contributed by atoms with van der Waals surface area (Å²) in [5.41, 5.74) is 2.50. The fraction of sp³-hybridized carbons (Fsp3) is 0.333. The minimum atomic E-state index is 0.507. The van der Waals surface area contributed by atoms with Gasteiger partial charge in [0.2, 0.25) is 0 Å². The Morgan fingerprint density at radius 1 is 1.38 bits per heavy atom. The van der Waals surface area contributed by atoms with Gasteiger partial charge in [-0.05, 0) is 37.5 Å². The zero-order valence-electron chi connectivity index (χ0n) is 8.54. The van der Waals surface area contributed by atoms with Crippen molar-refractivity contribution >= 4 is 6.08 Å². The first-order chi connectivity index (χ1) is 6.24. The molecular formula is C12H17N. The fourth-order valence-corrected chi connectivity index (χ4v) is 1.26.